The molecule has 3 N–H and O–H groups in total. The smallest absolute Gasteiger partial charge is 0.306 e. The Hall–Kier alpha value is -2.18. The van der Waals surface area contributed by atoms with E-state index < -0.39 is 18.2 Å². The molecule has 6 heteroatoms. The lowest BCUT2D eigenvalue weighted by molar-refractivity contribution is -0.151. The highest BCUT2D eigenvalue weighted by Crippen LogP contribution is 2.18. The molecule has 0 aromatic rings. The van der Waals surface area contributed by atoms with Crippen LogP contribution in [0.3, 0.4) is 0 Å². The monoisotopic (exact) mass is 842 g/mol. The fourth-order valence-electron chi connectivity index (χ4n) is 7.72. The molecule has 0 aromatic heterocycles. The largest absolute Gasteiger partial charge is 0.462 e. The Balaban J connectivity index is 4.65. The summed E-state index contributed by atoms with van der Waals surface area (Å²) in [5.74, 6) is -0.533. The molecule has 350 valence electrons. The van der Waals surface area contributed by atoms with E-state index in [1.54, 1.807) is 0 Å². The molecule has 3 unspecified atom stereocenters. The van der Waals surface area contributed by atoms with Crippen molar-refractivity contribution in [3.63, 3.8) is 0 Å². The summed E-state index contributed by atoms with van der Waals surface area (Å²) in [6, 6.07) is -0.709. The maximum atomic E-state index is 13.2. The van der Waals surface area contributed by atoms with Crippen molar-refractivity contribution < 1.29 is 24.5 Å². The number of esters is 1. The zero-order valence-electron chi connectivity index (χ0n) is 39.8. The van der Waals surface area contributed by atoms with Crippen molar-refractivity contribution >= 4 is 11.9 Å². The maximum Gasteiger partial charge on any atom is 0.306 e. The minimum absolute atomic E-state index is 0.0584. The Bertz CT molecular complexity index is 1040. The zero-order valence-corrected chi connectivity index (χ0v) is 39.8. The number of aliphatic hydroxyl groups excluding tert-OH is 2. The van der Waals surface area contributed by atoms with Crippen LogP contribution < -0.4 is 5.32 Å². The molecule has 0 bridgehead atoms. The summed E-state index contributed by atoms with van der Waals surface area (Å²) >= 11 is 0. The van der Waals surface area contributed by atoms with Crippen molar-refractivity contribution in [1.29, 1.82) is 0 Å². The van der Waals surface area contributed by atoms with Gasteiger partial charge >= 0.3 is 5.97 Å². The molecule has 0 aliphatic carbocycles. The average molecular weight is 842 g/mol. The average Bonchev–Trinajstić information content (AvgIpc) is 3.24. The quantitative estimate of drug-likeness (QED) is 0.0322. The fourth-order valence-corrected chi connectivity index (χ4v) is 7.72. The maximum absolute atomic E-state index is 13.2. The molecule has 0 aliphatic rings. The summed E-state index contributed by atoms with van der Waals surface area (Å²) in [4.78, 5) is 26.1. The number of hydrogen-bond acceptors (Lipinski definition) is 5. The van der Waals surface area contributed by atoms with Crippen LogP contribution in [-0.2, 0) is 14.3 Å². The number of aliphatic hydroxyl groups is 2. The Labute approximate surface area is 372 Å². The molecule has 0 spiro atoms. The van der Waals surface area contributed by atoms with Gasteiger partial charge in [0.2, 0.25) is 5.91 Å². The summed E-state index contributed by atoms with van der Waals surface area (Å²) in [6.45, 7) is 6.44. The number of amides is 1. The lowest BCUT2D eigenvalue weighted by Gasteiger charge is -2.24. The van der Waals surface area contributed by atoms with E-state index >= 15 is 0 Å². The summed E-state index contributed by atoms with van der Waals surface area (Å²) in [5, 5.41) is 23.7. The van der Waals surface area contributed by atoms with Crippen molar-refractivity contribution in [2.45, 2.75) is 277 Å². The molecule has 0 saturated carbocycles. The van der Waals surface area contributed by atoms with Gasteiger partial charge in [-0.15, -0.1) is 0 Å². The number of unbranched alkanes of at least 4 members (excludes halogenated alkanes) is 26. The number of rotatable bonds is 46. The SMILES string of the molecule is CCCCC/C=C\C/C=C\C/C=C\C/C=C\CCCC(=O)OC(CCCCCCCCCCCCCCC)CC(=O)NC(CO)C(O)CCCCCCCCCCCCC. The van der Waals surface area contributed by atoms with Crippen LogP contribution in [0, 0.1) is 0 Å². The molecule has 0 aliphatic heterocycles. The third-order valence-electron chi connectivity index (χ3n) is 11.7. The first-order valence-electron chi connectivity index (χ1n) is 25.9. The van der Waals surface area contributed by atoms with E-state index in [9.17, 15) is 19.8 Å². The third-order valence-corrected chi connectivity index (χ3v) is 11.7. The predicted octanol–water partition coefficient (Wildman–Crippen LogP) is 15.5. The zero-order chi connectivity index (χ0) is 43.8. The van der Waals surface area contributed by atoms with Gasteiger partial charge in [-0.3, -0.25) is 9.59 Å². The van der Waals surface area contributed by atoms with Gasteiger partial charge in [0.05, 0.1) is 25.2 Å². The summed E-state index contributed by atoms with van der Waals surface area (Å²) in [6.07, 6.45) is 57.4. The molecular formula is C54H99NO5. The van der Waals surface area contributed by atoms with E-state index in [2.05, 4.69) is 74.7 Å². The van der Waals surface area contributed by atoms with E-state index in [0.717, 1.165) is 64.2 Å². The number of ether oxygens (including phenoxy) is 1. The van der Waals surface area contributed by atoms with Crippen LogP contribution in [0.15, 0.2) is 48.6 Å². The molecule has 60 heavy (non-hydrogen) atoms. The Morgan fingerprint density at radius 3 is 1.28 bits per heavy atom. The molecule has 0 aromatic carbocycles. The number of nitrogens with one attached hydrogen (secondary N) is 1. The second-order valence-corrected chi connectivity index (χ2v) is 17.6. The first-order chi connectivity index (χ1) is 29.5. The number of hydrogen-bond donors (Lipinski definition) is 3. The van der Waals surface area contributed by atoms with E-state index in [1.165, 1.54) is 141 Å². The third kappa shape index (κ3) is 42.5. The van der Waals surface area contributed by atoms with Gasteiger partial charge in [-0.25, -0.2) is 0 Å². The lowest BCUT2D eigenvalue weighted by Crippen LogP contribution is -2.46. The van der Waals surface area contributed by atoms with Gasteiger partial charge in [0.15, 0.2) is 0 Å². The van der Waals surface area contributed by atoms with Crippen molar-refractivity contribution in [2.75, 3.05) is 6.61 Å². The van der Waals surface area contributed by atoms with Crippen molar-refractivity contribution in [2.24, 2.45) is 0 Å². The van der Waals surface area contributed by atoms with Crippen molar-refractivity contribution in [1.82, 2.24) is 5.32 Å². The molecule has 0 radical (unpaired) electrons. The van der Waals surface area contributed by atoms with Crippen LogP contribution in [-0.4, -0.2) is 46.9 Å². The number of carbonyl (C=O) groups is 2. The Morgan fingerprint density at radius 2 is 0.850 bits per heavy atom. The fraction of sp³-hybridized carbons (Fsp3) is 0.815. The second kappa shape index (κ2) is 47.9. The van der Waals surface area contributed by atoms with Gasteiger partial charge in [-0.1, -0.05) is 230 Å². The minimum Gasteiger partial charge on any atom is -0.462 e. The molecular weight excluding hydrogens is 743 g/mol. The number of allylic oxidation sites excluding steroid dienone is 8. The summed E-state index contributed by atoms with van der Waals surface area (Å²) < 4.78 is 5.91. The highest BCUT2D eigenvalue weighted by atomic mass is 16.5. The molecule has 1 amide bonds. The predicted molar refractivity (Wildman–Crippen MR) is 259 cm³/mol. The van der Waals surface area contributed by atoms with Gasteiger partial charge < -0.3 is 20.3 Å². The van der Waals surface area contributed by atoms with Gasteiger partial charge in [0.25, 0.3) is 0 Å². The molecule has 0 fully saturated rings. The van der Waals surface area contributed by atoms with Crippen molar-refractivity contribution in [3.05, 3.63) is 48.6 Å². The first kappa shape index (κ1) is 57.8. The Kier molecular flexibility index (Phi) is 46.1. The topological polar surface area (TPSA) is 95.9 Å². The first-order valence-corrected chi connectivity index (χ1v) is 25.9. The summed E-state index contributed by atoms with van der Waals surface area (Å²) in [5.41, 5.74) is 0. The molecule has 0 rings (SSSR count). The van der Waals surface area contributed by atoms with Crippen LogP contribution >= 0.6 is 0 Å². The minimum atomic E-state index is -0.794. The molecule has 3 atom stereocenters. The van der Waals surface area contributed by atoms with Crippen LogP contribution in [0.4, 0.5) is 0 Å². The summed E-state index contributed by atoms with van der Waals surface area (Å²) in [7, 11) is 0. The van der Waals surface area contributed by atoms with Crippen molar-refractivity contribution in [3.8, 4) is 0 Å². The van der Waals surface area contributed by atoms with Crippen LogP contribution in [0.5, 0.6) is 0 Å². The Morgan fingerprint density at radius 1 is 0.483 bits per heavy atom. The normalized spacial score (nSPS) is 13.6. The second-order valence-electron chi connectivity index (χ2n) is 17.6. The highest BCUT2D eigenvalue weighted by Gasteiger charge is 2.24. The van der Waals surface area contributed by atoms with Gasteiger partial charge in [-0.2, -0.15) is 0 Å². The molecule has 0 saturated heterocycles. The van der Waals surface area contributed by atoms with E-state index in [0.29, 0.717) is 25.7 Å². The van der Waals surface area contributed by atoms with E-state index in [-0.39, 0.29) is 24.9 Å². The van der Waals surface area contributed by atoms with E-state index in [4.69, 9.17) is 4.74 Å². The van der Waals surface area contributed by atoms with E-state index in [1.807, 2.05) is 0 Å². The lowest BCUT2D eigenvalue weighted by atomic mass is 10.0. The van der Waals surface area contributed by atoms with Gasteiger partial charge in [0.1, 0.15) is 6.10 Å². The molecule has 6 nitrogen and oxygen atoms in total. The van der Waals surface area contributed by atoms with Crippen LogP contribution in [0.1, 0.15) is 258 Å². The standard InChI is InChI=1S/C54H99NO5/c1-4-7-10-13-16-19-22-24-25-26-27-29-32-35-38-41-44-47-54(59)60-50(45-42-39-36-33-31-28-23-20-17-14-11-8-5-2)48-53(58)55-51(49-56)52(57)46-43-40-37-34-30-21-18-15-12-9-6-3/h16,19,24-25,27,29,35,38,50-52,56-57H,4-15,17-18,20-23,26,28,30-34,36-37,39-49H2,1-3H3,(H,55,58)/b19-16-,25-24-,29-27-,38-35-. The van der Waals surface area contributed by atoms with Gasteiger partial charge in [-0.05, 0) is 64.2 Å². The molecule has 0 heterocycles. The number of carbonyl (C=O) groups excluding carboxylic acids is 2. The van der Waals surface area contributed by atoms with Crippen LogP contribution in [0.2, 0.25) is 0 Å². The van der Waals surface area contributed by atoms with Gasteiger partial charge in [0, 0.05) is 6.42 Å². The van der Waals surface area contributed by atoms with Crippen LogP contribution in [0.25, 0.3) is 0 Å². The highest BCUT2D eigenvalue weighted by molar-refractivity contribution is 5.77.